The van der Waals surface area contributed by atoms with Gasteiger partial charge < -0.3 is 19.4 Å². The van der Waals surface area contributed by atoms with E-state index in [-0.39, 0.29) is 41.6 Å². The number of ether oxygens (including phenoxy) is 2. The van der Waals surface area contributed by atoms with E-state index >= 15 is 0 Å². The fourth-order valence-electron chi connectivity index (χ4n) is 4.88. The van der Waals surface area contributed by atoms with Gasteiger partial charge in [0.2, 0.25) is 5.88 Å². The van der Waals surface area contributed by atoms with Crippen molar-refractivity contribution in [2.75, 3.05) is 7.11 Å². The van der Waals surface area contributed by atoms with Crippen molar-refractivity contribution in [1.29, 1.82) is 0 Å². The van der Waals surface area contributed by atoms with Crippen LogP contribution in [0.5, 0.6) is 11.6 Å². The van der Waals surface area contributed by atoms with Crippen LogP contribution >= 0.6 is 0 Å². The molecule has 5 rings (SSSR count). The fourth-order valence-corrected chi connectivity index (χ4v) is 4.88. The van der Waals surface area contributed by atoms with Crippen molar-refractivity contribution in [2.24, 2.45) is 11.8 Å². The van der Waals surface area contributed by atoms with Gasteiger partial charge in [-0.15, -0.1) is 0 Å². The molecule has 176 valence electrons. The van der Waals surface area contributed by atoms with E-state index < -0.39 is 17.7 Å². The van der Waals surface area contributed by atoms with Crippen LogP contribution in [0, 0.1) is 17.7 Å². The molecule has 2 aromatic heterocycles. The summed E-state index contributed by atoms with van der Waals surface area (Å²) in [6, 6.07) is 11.3. The molecule has 1 unspecified atom stereocenters. The van der Waals surface area contributed by atoms with E-state index in [1.807, 2.05) is 30.3 Å². The van der Waals surface area contributed by atoms with Gasteiger partial charge in [0.15, 0.2) is 0 Å². The van der Waals surface area contributed by atoms with Crippen molar-refractivity contribution in [3.63, 3.8) is 0 Å². The maximum Gasteiger partial charge on any atom is 1.00 e. The summed E-state index contributed by atoms with van der Waals surface area (Å²) in [5.41, 5.74) is 3.87. The quantitative estimate of drug-likeness (QED) is 0.470. The van der Waals surface area contributed by atoms with E-state index in [1.165, 1.54) is 7.11 Å². The third kappa shape index (κ3) is 5.37. The van der Waals surface area contributed by atoms with Crippen LogP contribution in [0.3, 0.4) is 0 Å². The smallest absolute Gasteiger partial charge is 0.550 e. The third-order valence-corrected chi connectivity index (χ3v) is 6.93. The van der Waals surface area contributed by atoms with E-state index in [2.05, 4.69) is 9.97 Å². The fraction of sp³-hybridized carbons (Fsp3) is 0.370. The first-order valence-electron chi connectivity index (χ1n) is 11.6. The van der Waals surface area contributed by atoms with Crippen molar-refractivity contribution in [2.45, 2.75) is 44.6 Å². The van der Waals surface area contributed by atoms with Gasteiger partial charge in [-0.3, -0.25) is 4.98 Å². The van der Waals surface area contributed by atoms with Crippen LogP contribution in [0.15, 0.2) is 48.8 Å². The Kier molecular flexibility index (Phi) is 7.79. The number of pyridine rings is 2. The first-order valence-corrected chi connectivity index (χ1v) is 11.6. The number of carboxylic acid groups (broad SMARTS) is 1. The Morgan fingerprint density at radius 2 is 1.94 bits per heavy atom. The molecule has 0 bridgehead atoms. The number of halogens is 1. The van der Waals surface area contributed by atoms with Crippen LogP contribution < -0.4 is 44.1 Å². The summed E-state index contributed by atoms with van der Waals surface area (Å²) in [7, 11) is 1.49. The number of carbonyl (C=O) groups is 1. The summed E-state index contributed by atoms with van der Waals surface area (Å²) >= 11 is 0. The molecule has 3 heterocycles. The zero-order chi connectivity index (χ0) is 23.8. The SMILES string of the molecule is COc1cc(-c2ccc(C3CCc4ccc([C@H](C5CC5)[C@H](C)C(=O)[O-])cc4O3)nc2)c(F)cn1.[Na+]. The molecule has 3 atom stereocenters. The average Bonchev–Trinajstić information content (AvgIpc) is 3.69. The molecule has 0 amide bonds. The predicted octanol–water partition coefficient (Wildman–Crippen LogP) is 1.24. The zero-order valence-corrected chi connectivity index (χ0v) is 22.2. The first kappa shape index (κ1) is 25.6. The van der Waals surface area contributed by atoms with Crippen LogP contribution in [-0.4, -0.2) is 23.0 Å². The molecular formula is C27H26FN2NaO4. The summed E-state index contributed by atoms with van der Waals surface area (Å²) in [5.74, 6) is -0.577. The maximum absolute atomic E-state index is 14.3. The van der Waals surface area contributed by atoms with Gasteiger partial charge in [0, 0.05) is 35.3 Å². The summed E-state index contributed by atoms with van der Waals surface area (Å²) in [5, 5.41) is 11.6. The summed E-state index contributed by atoms with van der Waals surface area (Å²) in [4.78, 5) is 20.0. The normalized spacial score (nSPS) is 18.4. The van der Waals surface area contributed by atoms with Gasteiger partial charge in [0.25, 0.3) is 0 Å². The molecule has 6 nitrogen and oxygen atoms in total. The molecular weight excluding hydrogens is 458 g/mol. The Bertz CT molecular complexity index is 1220. The van der Waals surface area contributed by atoms with Crippen molar-refractivity contribution >= 4 is 5.97 Å². The Morgan fingerprint density at radius 3 is 2.60 bits per heavy atom. The number of aromatic nitrogens is 2. The van der Waals surface area contributed by atoms with Crippen molar-refractivity contribution in [1.82, 2.24) is 9.97 Å². The summed E-state index contributed by atoms with van der Waals surface area (Å²) in [6.07, 6.45) is 6.24. The van der Waals surface area contributed by atoms with Gasteiger partial charge in [-0.2, -0.15) is 0 Å². The van der Waals surface area contributed by atoms with Crippen molar-refractivity contribution in [3.8, 4) is 22.8 Å². The average molecular weight is 485 g/mol. The minimum absolute atomic E-state index is 0. The summed E-state index contributed by atoms with van der Waals surface area (Å²) < 4.78 is 25.7. The summed E-state index contributed by atoms with van der Waals surface area (Å²) in [6.45, 7) is 1.73. The molecule has 1 aliphatic carbocycles. The minimum Gasteiger partial charge on any atom is -0.550 e. The van der Waals surface area contributed by atoms with E-state index in [0.717, 1.165) is 54.5 Å². The number of benzene rings is 1. The Morgan fingerprint density at radius 1 is 1.14 bits per heavy atom. The van der Waals surface area contributed by atoms with Crippen LogP contribution in [0.1, 0.15) is 55.0 Å². The number of aliphatic carboxylic acids is 1. The van der Waals surface area contributed by atoms with E-state index in [9.17, 15) is 14.3 Å². The second-order valence-electron chi connectivity index (χ2n) is 9.16. The van der Waals surface area contributed by atoms with Gasteiger partial charge >= 0.3 is 29.6 Å². The molecule has 2 aliphatic rings. The van der Waals surface area contributed by atoms with Gasteiger partial charge in [-0.25, -0.2) is 9.37 Å². The second-order valence-corrected chi connectivity index (χ2v) is 9.16. The molecule has 0 N–H and O–H groups in total. The number of methoxy groups -OCH3 is 1. The van der Waals surface area contributed by atoms with E-state index in [0.29, 0.717) is 22.9 Å². The van der Waals surface area contributed by atoms with E-state index in [4.69, 9.17) is 9.47 Å². The number of fused-ring (bicyclic) bond motifs is 1. The van der Waals surface area contributed by atoms with Gasteiger partial charge in [-0.1, -0.05) is 25.1 Å². The minimum atomic E-state index is -1.01. The Hall–Kier alpha value is -2.48. The van der Waals surface area contributed by atoms with Crippen molar-refractivity contribution < 1.29 is 53.3 Å². The van der Waals surface area contributed by atoms with Gasteiger partial charge in [0.1, 0.15) is 17.7 Å². The van der Waals surface area contributed by atoms with E-state index in [1.54, 1.807) is 19.2 Å². The molecule has 0 radical (unpaired) electrons. The number of carbonyl (C=O) groups excluding carboxylic acids is 1. The molecule has 0 spiro atoms. The van der Waals surface area contributed by atoms with Gasteiger partial charge in [-0.05, 0) is 60.8 Å². The number of nitrogens with zero attached hydrogens (tertiary/aromatic N) is 2. The number of aryl methyl sites for hydroxylation is 1. The monoisotopic (exact) mass is 484 g/mol. The van der Waals surface area contributed by atoms with Crippen LogP contribution in [-0.2, 0) is 11.2 Å². The first-order chi connectivity index (χ1) is 16.4. The van der Waals surface area contributed by atoms with Crippen molar-refractivity contribution in [3.05, 3.63) is 71.4 Å². The Labute approximate surface area is 226 Å². The topological polar surface area (TPSA) is 84.4 Å². The molecule has 1 aromatic carbocycles. The predicted molar refractivity (Wildman–Crippen MR) is 122 cm³/mol. The number of carboxylic acids is 1. The van der Waals surface area contributed by atoms with Crippen LogP contribution in [0.4, 0.5) is 4.39 Å². The molecule has 1 saturated carbocycles. The third-order valence-electron chi connectivity index (χ3n) is 6.93. The molecule has 3 aromatic rings. The largest absolute Gasteiger partial charge is 1.00 e. The molecule has 1 fully saturated rings. The Balaban J connectivity index is 0.00000289. The second kappa shape index (κ2) is 10.6. The molecule has 0 saturated heterocycles. The zero-order valence-electron chi connectivity index (χ0n) is 20.2. The van der Waals surface area contributed by atoms with Crippen LogP contribution in [0.2, 0.25) is 0 Å². The molecule has 35 heavy (non-hydrogen) atoms. The maximum atomic E-state index is 14.3. The number of hydrogen-bond donors (Lipinski definition) is 0. The molecule has 8 heteroatoms. The number of hydrogen-bond acceptors (Lipinski definition) is 6. The number of rotatable bonds is 7. The molecule has 1 aliphatic heterocycles. The van der Waals surface area contributed by atoms with Gasteiger partial charge in [0.05, 0.1) is 19.0 Å². The standard InChI is InChI=1S/C27H27FN2O4.Na/c1-15(27(31)32)26(17-4-5-17)18-6-3-16-8-10-23(34-24(16)11-18)22-9-7-19(13-29-22)20-12-25(33-2)30-14-21(20)28;/h3,6-7,9,11-15,17,23,26H,4-5,8,10H2,1-2H3,(H,31,32);/q;+1/p-1/t15-,23?,26-;/m0./s1. The van der Waals surface area contributed by atoms with Crippen LogP contribution in [0.25, 0.3) is 11.1 Å².